The maximum absolute atomic E-state index is 5.81. The summed E-state index contributed by atoms with van der Waals surface area (Å²) in [4.78, 5) is 0. The van der Waals surface area contributed by atoms with Gasteiger partial charge in [0.1, 0.15) is 5.75 Å². The van der Waals surface area contributed by atoms with Crippen molar-refractivity contribution in [3.05, 3.63) is 65.4 Å². The molecule has 0 amide bonds. The molecule has 0 saturated heterocycles. The van der Waals surface area contributed by atoms with Crippen molar-refractivity contribution in [3.8, 4) is 22.7 Å². The lowest BCUT2D eigenvalue weighted by atomic mass is 10.1. The van der Waals surface area contributed by atoms with Crippen molar-refractivity contribution in [1.29, 1.82) is 0 Å². The minimum atomic E-state index is 0.403. The predicted octanol–water partition coefficient (Wildman–Crippen LogP) is 3.62. The van der Waals surface area contributed by atoms with Crippen molar-refractivity contribution in [1.82, 2.24) is 9.78 Å². The molecule has 3 aromatic rings. The number of aryl methyl sites for hydroxylation is 2. The van der Waals surface area contributed by atoms with E-state index in [0.717, 1.165) is 28.4 Å². The maximum Gasteiger partial charge on any atom is 0.128 e. The van der Waals surface area contributed by atoms with E-state index < -0.39 is 0 Å². The van der Waals surface area contributed by atoms with Crippen molar-refractivity contribution in [2.24, 2.45) is 5.73 Å². The summed E-state index contributed by atoms with van der Waals surface area (Å²) in [6.07, 6.45) is 0. The summed E-state index contributed by atoms with van der Waals surface area (Å²) in [7, 11) is 1.68. The maximum atomic E-state index is 5.81. The molecule has 0 bridgehead atoms. The van der Waals surface area contributed by atoms with Crippen LogP contribution in [0.4, 0.5) is 0 Å². The highest BCUT2D eigenvalue weighted by atomic mass is 16.5. The van der Waals surface area contributed by atoms with E-state index in [1.165, 1.54) is 11.1 Å². The SMILES string of the molecule is COc1ccccc1-c1cc(CN)nn1-c1ccc(C)cc1C. The quantitative estimate of drug-likeness (QED) is 0.801. The number of nitrogens with two attached hydrogens (primary N) is 1. The van der Waals surface area contributed by atoms with Gasteiger partial charge in [0.05, 0.1) is 24.2 Å². The summed E-state index contributed by atoms with van der Waals surface area (Å²) in [5.74, 6) is 0.821. The van der Waals surface area contributed by atoms with Gasteiger partial charge in [0.25, 0.3) is 0 Å². The Kier molecular flexibility index (Phi) is 4.17. The standard InChI is InChI=1S/C19H21N3O/c1-13-8-9-17(14(2)10-13)22-18(11-15(12-20)21-22)16-6-4-5-7-19(16)23-3/h4-11H,12,20H2,1-3H3. The van der Waals surface area contributed by atoms with Crippen LogP contribution in [0.1, 0.15) is 16.8 Å². The van der Waals surface area contributed by atoms with Crippen LogP contribution in [0.25, 0.3) is 16.9 Å². The molecule has 2 N–H and O–H groups in total. The lowest BCUT2D eigenvalue weighted by molar-refractivity contribution is 0.416. The van der Waals surface area contributed by atoms with Crippen LogP contribution in [0.2, 0.25) is 0 Å². The third-order valence-corrected chi connectivity index (χ3v) is 3.93. The van der Waals surface area contributed by atoms with Gasteiger partial charge in [0.2, 0.25) is 0 Å². The Hall–Kier alpha value is -2.59. The fourth-order valence-corrected chi connectivity index (χ4v) is 2.80. The second kappa shape index (κ2) is 6.26. The van der Waals surface area contributed by atoms with E-state index in [-0.39, 0.29) is 0 Å². The van der Waals surface area contributed by atoms with E-state index in [1.54, 1.807) is 7.11 Å². The number of methoxy groups -OCH3 is 1. The van der Waals surface area contributed by atoms with Crippen LogP contribution in [0.3, 0.4) is 0 Å². The van der Waals surface area contributed by atoms with Gasteiger partial charge in [-0.05, 0) is 43.7 Å². The average molecular weight is 307 g/mol. The Morgan fingerprint density at radius 1 is 1.09 bits per heavy atom. The molecule has 4 nitrogen and oxygen atoms in total. The third-order valence-electron chi connectivity index (χ3n) is 3.93. The van der Waals surface area contributed by atoms with E-state index >= 15 is 0 Å². The van der Waals surface area contributed by atoms with Crippen molar-refractivity contribution >= 4 is 0 Å². The first kappa shape index (κ1) is 15.3. The fourth-order valence-electron chi connectivity index (χ4n) is 2.80. The summed E-state index contributed by atoms with van der Waals surface area (Å²) >= 11 is 0. The molecule has 0 fully saturated rings. The summed E-state index contributed by atoms with van der Waals surface area (Å²) in [5, 5.41) is 4.68. The van der Waals surface area contributed by atoms with Gasteiger partial charge in [0.15, 0.2) is 0 Å². The molecule has 1 heterocycles. The van der Waals surface area contributed by atoms with Gasteiger partial charge in [-0.2, -0.15) is 5.10 Å². The lowest BCUT2D eigenvalue weighted by Gasteiger charge is -2.13. The van der Waals surface area contributed by atoms with Gasteiger partial charge < -0.3 is 10.5 Å². The average Bonchev–Trinajstić information content (AvgIpc) is 2.98. The van der Waals surface area contributed by atoms with Crippen LogP contribution in [0.15, 0.2) is 48.5 Å². The van der Waals surface area contributed by atoms with Gasteiger partial charge in [0, 0.05) is 12.1 Å². The minimum absolute atomic E-state index is 0.403. The molecule has 0 unspecified atom stereocenters. The summed E-state index contributed by atoms with van der Waals surface area (Å²) in [5.41, 5.74) is 12.1. The van der Waals surface area contributed by atoms with E-state index in [0.29, 0.717) is 6.54 Å². The van der Waals surface area contributed by atoms with Gasteiger partial charge in [-0.15, -0.1) is 0 Å². The topological polar surface area (TPSA) is 53.1 Å². The molecule has 0 aliphatic carbocycles. The van der Waals surface area contributed by atoms with Crippen molar-refractivity contribution in [2.45, 2.75) is 20.4 Å². The normalized spacial score (nSPS) is 10.8. The Balaban J connectivity index is 2.24. The second-order valence-electron chi connectivity index (χ2n) is 5.63. The van der Waals surface area contributed by atoms with Crippen LogP contribution < -0.4 is 10.5 Å². The fraction of sp³-hybridized carbons (Fsp3) is 0.211. The molecule has 4 heteroatoms. The molecule has 0 spiro atoms. The molecule has 0 saturated carbocycles. The van der Waals surface area contributed by atoms with Gasteiger partial charge in [-0.1, -0.05) is 29.8 Å². The van der Waals surface area contributed by atoms with Crippen molar-refractivity contribution in [3.63, 3.8) is 0 Å². The number of hydrogen-bond donors (Lipinski definition) is 1. The van der Waals surface area contributed by atoms with E-state index in [1.807, 2.05) is 35.0 Å². The molecule has 0 radical (unpaired) electrons. The molecule has 0 aliphatic rings. The Labute approximate surface area is 136 Å². The van der Waals surface area contributed by atoms with E-state index in [9.17, 15) is 0 Å². The number of benzene rings is 2. The predicted molar refractivity (Wildman–Crippen MR) is 92.9 cm³/mol. The molecular weight excluding hydrogens is 286 g/mol. The Morgan fingerprint density at radius 3 is 2.57 bits per heavy atom. The van der Waals surface area contributed by atoms with Gasteiger partial charge in [-0.25, -0.2) is 4.68 Å². The van der Waals surface area contributed by atoms with Crippen molar-refractivity contribution < 1.29 is 4.74 Å². The van der Waals surface area contributed by atoms with Crippen molar-refractivity contribution in [2.75, 3.05) is 7.11 Å². The Bertz CT molecular complexity index is 836. The highest BCUT2D eigenvalue weighted by Crippen LogP contribution is 2.32. The van der Waals surface area contributed by atoms with Gasteiger partial charge in [-0.3, -0.25) is 0 Å². The summed E-state index contributed by atoms with van der Waals surface area (Å²) < 4.78 is 7.46. The molecule has 1 aromatic heterocycles. The number of aromatic nitrogens is 2. The summed E-state index contributed by atoms with van der Waals surface area (Å²) in [6, 6.07) is 16.3. The first-order valence-electron chi connectivity index (χ1n) is 7.64. The minimum Gasteiger partial charge on any atom is -0.496 e. The summed E-state index contributed by atoms with van der Waals surface area (Å²) in [6.45, 7) is 4.59. The highest BCUT2D eigenvalue weighted by molar-refractivity contribution is 5.70. The molecule has 2 aromatic carbocycles. The van der Waals surface area contributed by atoms with Crippen LogP contribution in [0.5, 0.6) is 5.75 Å². The lowest BCUT2D eigenvalue weighted by Crippen LogP contribution is -2.04. The zero-order valence-electron chi connectivity index (χ0n) is 13.7. The monoisotopic (exact) mass is 307 g/mol. The zero-order valence-corrected chi connectivity index (χ0v) is 13.7. The number of nitrogens with zero attached hydrogens (tertiary/aromatic N) is 2. The molecule has 0 aliphatic heterocycles. The highest BCUT2D eigenvalue weighted by Gasteiger charge is 2.15. The largest absolute Gasteiger partial charge is 0.496 e. The Morgan fingerprint density at radius 2 is 1.87 bits per heavy atom. The molecule has 3 rings (SSSR count). The van der Waals surface area contributed by atoms with E-state index in [4.69, 9.17) is 10.5 Å². The van der Waals surface area contributed by atoms with Crippen LogP contribution in [-0.4, -0.2) is 16.9 Å². The third kappa shape index (κ3) is 2.85. The molecular formula is C19H21N3O. The first-order valence-corrected chi connectivity index (χ1v) is 7.64. The first-order chi connectivity index (χ1) is 11.1. The smallest absolute Gasteiger partial charge is 0.128 e. The number of para-hydroxylation sites is 1. The van der Waals surface area contributed by atoms with Gasteiger partial charge >= 0.3 is 0 Å². The zero-order chi connectivity index (χ0) is 16.4. The second-order valence-corrected chi connectivity index (χ2v) is 5.63. The van der Waals surface area contributed by atoms with Crippen LogP contribution >= 0.6 is 0 Å². The molecule has 0 atom stereocenters. The van der Waals surface area contributed by atoms with Crippen LogP contribution in [0, 0.1) is 13.8 Å². The van der Waals surface area contributed by atoms with E-state index in [2.05, 4.69) is 37.1 Å². The molecule has 23 heavy (non-hydrogen) atoms. The molecule has 118 valence electrons. The number of hydrogen-bond acceptors (Lipinski definition) is 3. The number of rotatable bonds is 4. The number of ether oxygens (including phenoxy) is 1. The van der Waals surface area contributed by atoms with Crippen LogP contribution in [-0.2, 0) is 6.54 Å².